The Morgan fingerprint density at radius 2 is 0.450 bits per heavy atom. The largest absolute Gasteiger partial charge is 0.481 e. The van der Waals surface area contributed by atoms with Crippen LogP contribution in [0.4, 0.5) is 0 Å². The van der Waals surface area contributed by atoms with Crippen molar-refractivity contribution in [3.63, 3.8) is 0 Å². The van der Waals surface area contributed by atoms with Gasteiger partial charge in [-0.2, -0.15) is 0 Å². The van der Waals surface area contributed by atoms with E-state index in [0.717, 1.165) is 27.7 Å². The summed E-state index contributed by atoms with van der Waals surface area (Å²) in [5, 5.41) is 29.7. The summed E-state index contributed by atoms with van der Waals surface area (Å²) in [6.07, 6.45) is 0. The minimum absolute atomic E-state index is 0. The van der Waals surface area contributed by atoms with E-state index >= 15 is 0 Å². The van der Waals surface area contributed by atoms with E-state index in [1.165, 1.54) is 0 Å². The van der Waals surface area contributed by atoms with E-state index in [-0.39, 0.29) is 21.9 Å². The normalized spacial score (nSPS) is 5.00. The number of hydrogen-bond acceptors (Lipinski definition) is 4. The first-order valence-corrected chi connectivity index (χ1v) is 3.71. The van der Waals surface area contributed by atoms with Gasteiger partial charge in [-0.15, -0.1) is 0 Å². The van der Waals surface area contributed by atoms with E-state index in [4.69, 9.17) is 39.6 Å². The molecule has 0 heterocycles. The van der Waals surface area contributed by atoms with E-state index < -0.39 is 23.9 Å². The summed E-state index contributed by atoms with van der Waals surface area (Å²) < 4.78 is 0. The van der Waals surface area contributed by atoms with Gasteiger partial charge in [-0.05, 0) is 0 Å². The summed E-state index contributed by atoms with van der Waals surface area (Å²) in [6.45, 7) is 4.33. The summed E-state index contributed by atoms with van der Waals surface area (Å²) in [6, 6.07) is 0. The molecule has 12 heteroatoms. The Labute approximate surface area is 114 Å². The maximum atomic E-state index is 9.00. The number of carboxylic acids is 4. The van der Waals surface area contributed by atoms with Crippen molar-refractivity contribution in [2.45, 2.75) is 27.7 Å². The fraction of sp³-hybridized carbons (Fsp3) is 0.500. The molecule has 0 aromatic rings. The fourth-order valence-electron chi connectivity index (χ4n) is 0. The van der Waals surface area contributed by atoms with Gasteiger partial charge < -0.3 is 42.3 Å². The van der Waals surface area contributed by atoms with Crippen LogP contribution in [0.15, 0.2) is 0 Å². The maximum absolute atomic E-state index is 9.00. The quantitative estimate of drug-likeness (QED) is 0.358. The molecule has 0 saturated carbocycles. The maximum Gasteiger partial charge on any atom is 0.300 e. The summed E-state index contributed by atoms with van der Waals surface area (Å²) in [7, 11) is 0. The summed E-state index contributed by atoms with van der Waals surface area (Å²) >= 11 is 0. The van der Waals surface area contributed by atoms with Gasteiger partial charge in [0.05, 0.1) is 0 Å². The molecular weight excluding hydrogens is 288 g/mol. The molecule has 20 heavy (non-hydrogen) atoms. The zero-order valence-corrected chi connectivity index (χ0v) is 11.4. The first-order chi connectivity index (χ1) is 6.93. The first-order valence-electron chi connectivity index (χ1n) is 3.71. The highest BCUT2D eigenvalue weighted by atomic mass is 16.4. The second-order valence-corrected chi connectivity index (χ2v) is 2.08. The monoisotopic (exact) mass is 312 g/mol. The molecule has 12 N–H and O–H groups in total. The molecule has 0 aliphatic carbocycles. The van der Waals surface area contributed by atoms with Gasteiger partial charge in [-0.25, -0.2) is 0 Å². The molecule has 0 saturated heterocycles. The zero-order chi connectivity index (χ0) is 14.3. The lowest BCUT2D eigenvalue weighted by molar-refractivity contribution is -0.135. The molecule has 0 radical (unpaired) electrons. The number of carbonyl (C=O) groups is 4. The van der Waals surface area contributed by atoms with Crippen LogP contribution in [0, 0.1) is 0 Å². The predicted molar refractivity (Wildman–Crippen MR) is 67.7 cm³/mol. The summed E-state index contributed by atoms with van der Waals surface area (Å²) in [4.78, 5) is 36.0. The van der Waals surface area contributed by atoms with E-state index in [1.54, 1.807) is 0 Å². The van der Waals surface area contributed by atoms with Crippen LogP contribution in [-0.4, -0.2) is 66.2 Å². The van der Waals surface area contributed by atoms with Gasteiger partial charge in [0.15, 0.2) is 0 Å². The molecule has 0 aromatic carbocycles. The molecule has 0 spiro atoms. The van der Waals surface area contributed by atoms with Crippen LogP contribution in [0.1, 0.15) is 27.7 Å². The molecule has 0 aromatic heterocycles. The average Bonchev–Trinajstić information content (AvgIpc) is 1.76. The van der Waals surface area contributed by atoms with Crippen molar-refractivity contribution in [3.05, 3.63) is 0 Å². The van der Waals surface area contributed by atoms with Gasteiger partial charge >= 0.3 is 0 Å². The second kappa shape index (κ2) is 43.7. The molecule has 0 amide bonds. The van der Waals surface area contributed by atoms with Crippen LogP contribution in [0.5, 0.6) is 0 Å². The molecule has 0 atom stereocenters. The smallest absolute Gasteiger partial charge is 0.300 e. The Hall–Kier alpha value is -2.28. The van der Waals surface area contributed by atoms with Crippen molar-refractivity contribution in [1.82, 2.24) is 0 Å². The molecule has 0 fully saturated rings. The highest BCUT2D eigenvalue weighted by Gasteiger charge is 1.66. The van der Waals surface area contributed by atoms with Crippen molar-refractivity contribution in [3.8, 4) is 0 Å². The standard InChI is InChI=1S/4C2H4O2.4H2O/c4*1-2(3)4;;;;/h4*1H3,(H,3,4);4*1H2. The Balaban J connectivity index is -0.0000000150. The predicted octanol–water partition coefficient (Wildman–Crippen LogP) is -2.94. The molecule has 0 unspecified atom stereocenters. The minimum Gasteiger partial charge on any atom is -0.481 e. The van der Waals surface area contributed by atoms with E-state index in [9.17, 15) is 0 Å². The van der Waals surface area contributed by atoms with Crippen molar-refractivity contribution < 1.29 is 61.5 Å². The van der Waals surface area contributed by atoms with E-state index in [0.29, 0.717) is 0 Å². The van der Waals surface area contributed by atoms with Crippen LogP contribution >= 0.6 is 0 Å². The molecule has 0 rings (SSSR count). The van der Waals surface area contributed by atoms with Gasteiger partial charge in [0.25, 0.3) is 23.9 Å². The average molecular weight is 312 g/mol. The van der Waals surface area contributed by atoms with Gasteiger partial charge in [-0.3, -0.25) is 19.2 Å². The molecule has 0 bridgehead atoms. The minimum atomic E-state index is -0.833. The summed E-state index contributed by atoms with van der Waals surface area (Å²) in [5.74, 6) is -3.33. The molecule has 0 aliphatic heterocycles. The van der Waals surface area contributed by atoms with Crippen molar-refractivity contribution >= 4 is 23.9 Å². The SMILES string of the molecule is CC(=O)O.CC(=O)O.CC(=O)O.CC(=O)O.O.O.O.O. The van der Waals surface area contributed by atoms with Crippen LogP contribution in [0.25, 0.3) is 0 Å². The third-order valence-electron chi connectivity index (χ3n) is 0. The third-order valence-corrected chi connectivity index (χ3v) is 0. The Morgan fingerprint density at radius 3 is 0.450 bits per heavy atom. The van der Waals surface area contributed by atoms with Crippen LogP contribution in [0.3, 0.4) is 0 Å². The third kappa shape index (κ3) is 655. The molecule has 12 nitrogen and oxygen atoms in total. The lowest BCUT2D eigenvalue weighted by Crippen LogP contribution is -1.78. The Bertz CT molecular complexity index is 159. The lowest BCUT2D eigenvalue weighted by Gasteiger charge is -1.59. The number of rotatable bonds is 0. The number of hydrogen-bond donors (Lipinski definition) is 4. The topological polar surface area (TPSA) is 275 Å². The second-order valence-electron chi connectivity index (χ2n) is 2.08. The molecule has 128 valence electrons. The van der Waals surface area contributed by atoms with Gasteiger partial charge in [0, 0.05) is 27.7 Å². The fourth-order valence-corrected chi connectivity index (χ4v) is 0. The van der Waals surface area contributed by atoms with Crippen molar-refractivity contribution in [2.75, 3.05) is 0 Å². The highest BCUT2D eigenvalue weighted by Crippen LogP contribution is 1.43. The Morgan fingerprint density at radius 1 is 0.450 bits per heavy atom. The first kappa shape index (κ1) is 52.4. The van der Waals surface area contributed by atoms with Crippen LogP contribution in [-0.2, 0) is 19.2 Å². The van der Waals surface area contributed by atoms with E-state index in [1.807, 2.05) is 0 Å². The van der Waals surface area contributed by atoms with Crippen LogP contribution in [0.2, 0.25) is 0 Å². The number of carboxylic acid groups (broad SMARTS) is 4. The number of aliphatic carboxylic acids is 4. The molecule has 0 aliphatic rings. The lowest BCUT2D eigenvalue weighted by atomic mass is 10.9. The van der Waals surface area contributed by atoms with Gasteiger partial charge in [0.2, 0.25) is 0 Å². The van der Waals surface area contributed by atoms with Crippen molar-refractivity contribution in [2.24, 2.45) is 0 Å². The van der Waals surface area contributed by atoms with Crippen LogP contribution < -0.4 is 0 Å². The highest BCUT2D eigenvalue weighted by molar-refractivity contribution is 5.63. The van der Waals surface area contributed by atoms with E-state index in [2.05, 4.69) is 0 Å². The zero-order valence-electron chi connectivity index (χ0n) is 11.4. The van der Waals surface area contributed by atoms with Gasteiger partial charge in [0.1, 0.15) is 0 Å². The van der Waals surface area contributed by atoms with Crippen molar-refractivity contribution in [1.29, 1.82) is 0 Å². The summed E-state index contributed by atoms with van der Waals surface area (Å²) in [5.41, 5.74) is 0. The van der Waals surface area contributed by atoms with Gasteiger partial charge in [-0.1, -0.05) is 0 Å². The molecular formula is C8H24O12. The Kier molecular flexibility index (Phi) is 115.